The molecule has 6 heterocycles. The molecule has 0 aliphatic carbocycles. The monoisotopic (exact) mass is 700 g/mol. The molecule has 15 heteroatoms. The Morgan fingerprint density at radius 1 is 0.750 bits per heavy atom. The van der Waals surface area contributed by atoms with Crippen LogP contribution < -0.4 is 31.5 Å². The Kier molecular flexibility index (Phi) is 8.76. The number of rotatable bonds is 9. The van der Waals surface area contributed by atoms with Crippen LogP contribution in [0.15, 0.2) is 79.0 Å². The summed E-state index contributed by atoms with van der Waals surface area (Å²) in [5.74, 6) is 1.72. The first-order valence-corrected chi connectivity index (χ1v) is 17.4. The molecule has 2 aromatic carbocycles. The van der Waals surface area contributed by atoms with Crippen LogP contribution in [0.5, 0.6) is 11.5 Å². The Labute approximate surface area is 300 Å². The van der Waals surface area contributed by atoms with Crippen molar-refractivity contribution in [2.24, 2.45) is 0 Å². The van der Waals surface area contributed by atoms with Gasteiger partial charge in [0.1, 0.15) is 17.3 Å². The normalized spacial score (nSPS) is 18.6. The number of nitrogens with two attached hydrogens (primary N) is 2. The number of aromatic hydroxyl groups is 2. The molecule has 3 aliphatic heterocycles. The largest absolute Gasteiger partial charge is 0.507 e. The average Bonchev–Trinajstić information content (AvgIpc) is 3.78. The Morgan fingerprint density at radius 2 is 1.42 bits per heavy atom. The maximum Gasteiger partial charge on any atom is 0.234 e. The Hall–Kier alpha value is -6.22. The number of carbonyl (C=O) groups excluding carboxylic acids is 1. The zero-order valence-electron chi connectivity index (χ0n) is 28.5. The zero-order valence-corrected chi connectivity index (χ0v) is 28.5. The number of amides is 1. The zero-order chi connectivity index (χ0) is 35.8. The minimum Gasteiger partial charge on any atom is -0.507 e. The lowest BCUT2D eigenvalue weighted by molar-refractivity contribution is -0.122. The van der Waals surface area contributed by atoms with Gasteiger partial charge in [0.2, 0.25) is 5.91 Å². The minimum absolute atomic E-state index is 0.0488. The van der Waals surface area contributed by atoms with E-state index in [1.165, 1.54) is 0 Å². The molecule has 2 atom stereocenters. The summed E-state index contributed by atoms with van der Waals surface area (Å²) < 4.78 is 0. The molecule has 3 aliphatic rings. The van der Waals surface area contributed by atoms with Crippen LogP contribution in [0.2, 0.25) is 0 Å². The molecule has 7 N–H and O–H groups in total. The van der Waals surface area contributed by atoms with Gasteiger partial charge < -0.3 is 41.7 Å². The number of hydrogen-bond donors (Lipinski definition) is 5. The van der Waals surface area contributed by atoms with Gasteiger partial charge in [-0.3, -0.25) is 9.69 Å². The van der Waals surface area contributed by atoms with Gasteiger partial charge in [-0.25, -0.2) is 4.98 Å². The smallest absolute Gasteiger partial charge is 0.234 e. The summed E-state index contributed by atoms with van der Waals surface area (Å²) in [7, 11) is 0. The lowest BCUT2D eigenvalue weighted by Crippen LogP contribution is -2.49. The summed E-state index contributed by atoms with van der Waals surface area (Å²) in [5, 5.41) is 41.1. The summed E-state index contributed by atoms with van der Waals surface area (Å²) in [6, 6.07) is 22.6. The summed E-state index contributed by atoms with van der Waals surface area (Å²) in [6.07, 6.45) is 2.83. The number of anilines is 5. The van der Waals surface area contributed by atoms with Gasteiger partial charge >= 0.3 is 0 Å². The van der Waals surface area contributed by atoms with Crippen molar-refractivity contribution in [1.29, 1.82) is 0 Å². The molecule has 15 nitrogen and oxygen atoms in total. The standard InChI is InChI=1S/C37H40N12O3/c38-36-30(17-28(42-44-36)26-5-1-2-6-32(26)50)47-13-11-46(12-14-47)22-35(52)41-19-23-8-9-27(33(51)15-23)29-18-31(37(39)45-43-29)48-20-25-16-24(48)21-49(25)34-7-3-4-10-40-34/h1-10,15,17-18,24-25,50-51H,11-14,16,19-22H2,(H2,38,44)(H2,39,45)(H,41,52)/t24-,25-/m1/s1. The third-order valence-electron chi connectivity index (χ3n) is 10.2. The lowest BCUT2D eigenvalue weighted by Gasteiger charge is -2.36. The van der Waals surface area contributed by atoms with Crippen LogP contribution in [0.4, 0.5) is 28.8 Å². The predicted molar refractivity (Wildman–Crippen MR) is 199 cm³/mol. The molecule has 3 saturated heterocycles. The van der Waals surface area contributed by atoms with Gasteiger partial charge in [0.05, 0.1) is 35.3 Å². The summed E-state index contributed by atoms with van der Waals surface area (Å²) >= 11 is 0. The molecule has 8 rings (SSSR count). The van der Waals surface area contributed by atoms with Gasteiger partial charge in [0.25, 0.3) is 0 Å². The molecule has 1 amide bonds. The van der Waals surface area contributed by atoms with Crippen LogP contribution in [0, 0.1) is 0 Å². The number of aromatic nitrogens is 5. The van der Waals surface area contributed by atoms with Crippen molar-refractivity contribution in [1.82, 2.24) is 35.6 Å². The number of hydrogen-bond acceptors (Lipinski definition) is 14. The second kappa shape index (κ2) is 13.8. The van der Waals surface area contributed by atoms with E-state index in [0.29, 0.717) is 66.4 Å². The molecule has 3 aromatic heterocycles. The van der Waals surface area contributed by atoms with Crippen LogP contribution >= 0.6 is 0 Å². The van der Waals surface area contributed by atoms with E-state index in [1.54, 1.807) is 30.3 Å². The molecular formula is C37H40N12O3. The van der Waals surface area contributed by atoms with E-state index in [4.69, 9.17) is 11.5 Å². The van der Waals surface area contributed by atoms with Crippen molar-refractivity contribution in [3.63, 3.8) is 0 Å². The number of phenols is 2. The highest BCUT2D eigenvalue weighted by molar-refractivity contribution is 5.79. The molecular weight excluding hydrogens is 660 g/mol. The number of fused-ring (bicyclic) bond motifs is 2. The molecule has 0 spiro atoms. The van der Waals surface area contributed by atoms with Crippen molar-refractivity contribution >= 4 is 34.7 Å². The second-order valence-electron chi connectivity index (χ2n) is 13.4. The first-order chi connectivity index (χ1) is 25.3. The van der Waals surface area contributed by atoms with E-state index in [0.717, 1.165) is 42.3 Å². The van der Waals surface area contributed by atoms with Crippen LogP contribution in [0.25, 0.3) is 22.5 Å². The maximum absolute atomic E-state index is 12.9. The van der Waals surface area contributed by atoms with Crippen molar-refractivity contribution < 1.29 is 15.0 Å². The molecule has 3 fully saturated rings. The number of nitrogens with one attached hydrogen (secondary N) is 1. The topological polar surface area (TPSA) is 199 Å². The van der Waals surface area contributed by atoms with Gasteiger partial charge in [-0.05, 0) is 60.5 Å². The quantitative estimate of drug-likeness (QED) is 0.150. The van der Waals surface area contributed by atoms with Crippen LogP contribution in [-0.2, 0) is 11.3 Å². The highest BCUT2D eigenvalue weighted by atomic mass is 16.3. The number of phenolic OH excluding ortho intramolecular Hbond substituents is 2. The number of nitrogens with zero attached hydrogens (tertiary/aromatic N) is 9. The number of benzene rings is 2. The summed E-state index contributed by atoms with van der Waals surface area (Å²) in [5.41, 5.74) is 17.0. The average molecular weight is 701 g/mol. The number of carbonyl (C=O) groups is 1. The van der Waals surface area contributed by atoms with Crippen molar-refractivity contribution in [2.75, 3.05) is 72.0 Å². The van der Waals surface area contributed by atoms with E-state index in [2.05, 4.69) is 50.3 Å². The SMILES string of the molecule is Nc1nnc(-c2ccccc2O)cc1N1CCN(CC(=O)NCc2ccc(-c3cc(N4C[C@H]5C[C@@H]4CN5c4ccccn4)c(N)nn3)c(O)c2)CC1. The van der Waals surface area contributed by atoms with Crippen molar-refractivity contribution in [3.05, 3.63) is 84.6 Å². The van der Waals surface area contributed by atoms with Crippen LogP contribution in [0.1, 0.15) is 12.0 Å². The maximum atomic E-state index is 12.9. The van der Waals surface area contributed by atoms with E-state index < -0.39 is 0 Å². The molecule has 0 saturated carbocycles. The second-order valence-corrected chi connectivity index (χ2v) is 13.4. The van der Waals surface area contributed by atoms with Crippen molar-refractivity contribution in [2.45, 2.75) is 25.0 Å². The first kappa shape index (κ1) is 33.0. The van der Waals surface area contributed by atoms with Gasteiger partial charge in [-0.15, -0.1) is 20.4 Å². The third kappa shape index (κ3) is 6.53. The third-order valence-corrected chi connectivity index (χ3v) is 10.2. The fraction of sp³-hybridized carbons (Fsp3) is 0.297. The van der Waals surface area contributed by atoms with Crippen molar-refractivity contribution in [3.8, 4) is 34.0 Å². The molecule has 5 aromatic rings. The van der Waals surface area contributed by atoms with Gasteiger partial charge in [0, 0.05) is 69.2 Å². The minimum atomic E-state index is -0.112. The fourth-order valence-corrected chi connectivity index (χ4v) is 7.50. The Bertz CT molecular complexity index is 2090. The molecule has 0 unspecified atom stereocenters. The molecule has 0 radical (unpaired) electrons. The van der Waals surface area contributed by atoms with Crippen LogP contribution in [0.3, 0.4) is 0 Å². The van der Waals surface area contributed by atoms with E-state index in [9.17, 15) is 15.0 Å². The van der Waals surface area contributed by atoms with E-state index >= 15 is 0 Å². The van der Waals surface area contributed by atoms with Gasteiger partial charge in [-0.2, -0.15) is 0 Å². The number of piperazine rings is 2. The fourth-order valence-electron chi connectivity index (χ4n) is 7.50. The number of para-hydroxylation sites is 1. The molecule has 266 valence electrons. The molecule has 2 bridgehead atoms. The van der Waals surface area contributed by atoms with Gasteiger partial charge in [0.15, 0.2) is 11.6 Å². The number of nitrogen functional groups attached to an aromatic ring is 2. The first-order valence-electron chi connectivity index (χ1n) is 17.4. The highest BCUT2D eigenvalue weighted by Gasteiger charge is 2.44. The van der Waals surface area contributed by atoms with E-state index in [-0.39, 0.29) is 36.5 Å². The van der Waals surface area contributed by atoms with Gasteiger partial charge in [-0.1, -0.05) is 24.3 Å². The summed E-state index contributed by atoms with van der Waals surface area (Å²) in [4.78, 5) is 26.3. The lowest BCUT2D eigenvalue weighted by atomic mass is 10.1. The number of pyridine rings is 1. The van der Waals surface area contributed by atoms with Crippen LogP contribution in [-0.4, -0.2) is 104 Å². The predicted octanol–water partition coefficient (Wildman–Crippen LogP) is 2.48. The Morgan fingerprint density at radius 3 is 2.12 bits per heavy atom. The van der Waals surface area contributed by atoms with E-state index in [1.807, 2.05) is 48.7 Å². The highest BCUT2D eigenvalue weighted by Crippen LogP contribution is 2.40. The molecule has 52 heavy (non-hydrogen) atoms. The Balaban J connectivity index is 0.848. The summed E-state index contributed by atoms with van der Waals surface area (Å²) in [6.45, 7) is 4.77.